The monoisotopic (exact) mass is 549 g/mol. The lowest BCUT2D eigenvalue weighted by atomic mass is 9.90. The summed E-state index contributed by atoms with van der Waals surface area (Å²) in [4.78, 5) is 11.1. The molecule has 3 aromatic carbocycles. The van der Waals surface area contributed by atoms with E-state index in [2.05, 4.69) is 5.16 Å². The van der Waals surface area contributed by atoms with E-state index in [9.17, 15) is 18.0 Å². The minimum absolute atomic E-state index is 0.0212. The number of alkyl halides is 3. The molecule has 6 rings (SSSR count). The Morgan fingerprint density at radius 2 is 1.73 bits per heavy atom. The lowest BCUT2D eigenvalue weighted by Gasteiger charge is -2.20. The van der Waals surface area contributed by atoms with E-state index in [1.54, 1.807) is 49.4 Å². The number of aromatic nitrogens is 1. The number of aryl methyl sites for hydroxylation is 2. The number of hydrogen-bond donors (Lipinski definition) is 1. The third kappa shape index (κ3) is 4.59. The molecule has 0 amide bonds. The van der Waals surface area contributed by atoms with Crippen LogP contribution in [0.5, 0.6) is 11.5 Å². The molecule has 0 unspecified atom stereocenters. The van der Waals surface area contributed by atoms with Crippen LogP contribution in [0.15, 0.2) is 59.1 Å². The molecule has 1 aliphatic carbocycles. The maximum atomic E-state index is 14.2. The van der Waals surface area contributed by atoms with E-state index in [4.69, 9.17) is 19.1 Å². The average Bonchev–Trinajstić information content (AvgIpc) is 3.60. The Morgan fingerprint density at radius 3 is 2.38 bits per heavy atom. The van der Waals surface area contributed by atoms with E-state index in [1.165, 1.54) is 6.07 Å². The molecule has 4 aromatic rings. The van der Waals surface area contributed by atoms with Gasteiger partial charge in [0.25, 0.3) is 0 Å². The molecule has 0 fully saturated rings. The van der Waals surface area contributed by atoms with Crippen LogP contribution in [0.25, 0.3) is 22.3 Å². The summed E-state index contributed by atoms with van der Waals surface area (Å²) in [5.41, 5.74) is 4.54. The van der Waals surface area contributed by atoms with Crippen LogP contribution in [-0.4, -0.2) is 22.8 Å². The van der Waals surface area contributed by atoms with E-state index in [0.717, 1.165) is 34.0 Å². The highest BCUT2D eigenvalue weighted by Crippen LogP contribution is 2.47. The van der Waals surface area contributed by atoms with Gasteiger partial charge in [0.1, 0.15) is 23.4 Å². The number of nitrogens with zero attached hydrogens (tertiary/aromatic N) is 1. The molecule has 1 N–H and O–H groups in total. The Balaban J connectivity index is 1.33. The summed E-state index contributed by atoms with van der Waals surface area (Å²) >= 11 is 0. The number of aliphatic carboxylic acids is 1. The van der Waals surface area contributed by atoms with Crippen molar-refractivity contribution in [1.82, 2.24) is 5.16 Å². The topological polar surface area (TPSA) is 81.8 Å². The molecule has 0 bridgehead atoms. The number of carbonyl (C=O) groups is 1. The normalized spacial score (nSPS) is 17.8. The molecule has 2 atom stereocenters. The van der Waals surface area contributed by atoms with Crippen LogP contribution >= 0.6 is 0 Å². The molecule has 2 heterocycles. The molecule has 1 aromatic heterocycles. The lowest BCUT2D eigenvalue weighted by molar-refractivity contribution is -0.138. The highest BCUT2D eigenvalue weighted by Gasteiger charge is 2.38. The van der Waals surface area contributed by atoms with Gasteiger partial charge in [0.15, 0.2) is 0 Å². The van der Waals surface area contributed by atoms with Gasteiger partial charge in [-0.3, -0.25) is 4.79 Å². The van der Waals surface area contributed by atoms with Gasteiger partial charge in [-0.05, 0) is 66.6 Å². The van der Waals surface area contributed by atoms with Gasteiger partial charge < -0.3 is 19.1 Å². The second kappa shape index (κ2) is 9.73. The Bertz CT molecular complexity index is 1590. The van der Waals surface area contributed by atoms with Crippen molar-refractivity contribution in [2.24, 2.45) is 0 Å². The summed E-state index contributed by atoms with van der Waals surface area (Å²) in [5, 5.41) is 13.1. The fourth-order valence-electron chi connectivity index (χ4n) is 5.93. The first-order valence-corrected chi connectivity index (χ1v) is 13.0. The van der Waals surface area contributed by atoms with Crippen molar-refractivity contribution in [3.05, 3.63) is 88.3 Å². The van der Waals surface area contributed by atoms with Crippen molar-refractivity contribution in [3.8, 4) is 33.8 Å². The zero-order chi connectivity index (χ0) is 28.2. The minimum Gasteiger partial charge on any atom is -0.492 e. The summed E-state index contributed by atoms with van der Waals surface area (Å²) in [5.74, 6) is 0.639. The van der Waals surface area contributed by atoms with Gasteiger partial charge in [0, 0.05) is 23.1 Å². The van der Waals surface area contributed by atoms with Gasteiger partial charge in [0.05, 0.1) is 24.3 Å². The van der Waals surface area contributed by atoms with E-state index in [-0.39, 0.29) is 24.5 Å². The third-order valence-electron chi connectivity index (χ3n) is 7.72. The van der Waals surface area contributed by atoms with Crippen molar-refractivity contribution in [1.29, 1.82) is 0 Å². The van der Waals surface area contributed by atoms with Crippen LogP contribution < -0.4 is 9.47 Å². The number of benzene rings is 3. The molecule has 6 nitrogen and oxygen atoms in total. The first-order chi connectivity index (χ1) is 19.1. The van der Waals surface area contributed by atoms with Crippen LogP contribution in [0, 0.1) is 13.8 Å². The summed E-state index contributed by atoms with van der Waals surface area (Å²) in [7, 11) is 0. The highest BCUT2D eigenvalue weighted by atomic mass is 19.4. The Kier molecular flexibility index (Phi) is 6.32. The number of carboxylic acid groups (broad SMARTS) is 1. The standard InChI is InChI=1S/C31H26F3NO5/c1-16-29(17(2)40-35-16)18-3-5-19(6-4-18)30-24-10-12-26(23(24)9-11-25(30)31(32,33)34)39-21-7-8-22-20(13-28(36)37)15-38-27(22)14-21/h3-9,11,14,20,26H,10,12-13,15H2,1-2H3,(H,36,37)/t20-,26-/m1/s1. The number of hydrogen-bond acceptors (Lipinski definition) is 5. The highest BCUT2D eigenvalue weighted by molar-refractivity contribution is 5.77. The molecule has 9 heteroatoms. The van der Waals surface area contributed by atoms with Gasteiger partial charge in [-0.15, -0.1) is 0 Å². The Hall–Kier alpha value is -4.27. The smallest absolute Gasteiger partial charge is 0.417 e. The summed E-state index contributed by atoms with van der Waals surface area (Å²) < 4.78 is 59.8. The SMILES string of the molecule is Cc1noc(C)c1-c1ccc(-c2c(C(F)(F)F)ccc3c2CC[C@H]3Oc2ccc3c(c2)OC[C@H]3CC(=O)O)cc1. The molecule has 1 aliphatic heterocycles. The van der Waals surface area contributed by atoms with Crippen LogP contribution in [0.2, 0.25) is 0 Å². The number of rotatable bonds is 6. The molecule has 40 heavy (non-hydrogen) atoms. The molecule has 206 valence electrons. The van der Waals surface area contributed by atoms with Crippen LogP contribution in [0.1, 0.15) is 58.6 Å². The van der Waals surface area contributed by atoms with Gasteiger partial charge in [-0.2, -0.15) is 13.2 Å². The van der Waals surface area contributed by atoms with E-state index in [1.807, 2.05) is 6.92 Å². The van der Waals surface area contributed by atoms with Crippen molar-refractivity contribution in [3.63, 3.8) is 0 Å². The Labute approximate surface area is 228 Å². The fourth-order valence-corrected chi connectivity index (χ4v) is 5.93. The lowest BCUT2D eigenvalue weighted by Crippen LogP contribution is -2.10. The van der Waals surface area contributed by atoms with E-state index in [0.29, 0.717) is 41.2 Å². The largest absolute Gasteiger partial charge is 0.492 e. The number of carboxylic acids is 1. The quantitative estimate of drug-likeness (QED) is 0.266. The average molecular weight is 550 g/mol. The first-order valence-electron chi connectivity index (χ1n) is 13.0. The summed E-state index contributed by atoms with van der Waals surface area (Å²) in [6.45, 7) is 3.92. The van der Waals surface area contributed by atoms with Crippen molar-refractivity contribution < 1.29 is 37.1 Å². The van der Waals surface area contributed by atoms with Gasteiger partial charge in [-0.1, -0.05) is 41.6 Å². The van der Waals surface area contributed by atoms with Crippen LogP contribution in [0.3, 0.4) is 0 Å². The Morgan fingerprint density at radius 1 is 1.02 bits per heavy atom. The third-order valence-corrected chi connectivity index (χ3v) is 7.72. The molecular weight excluding hydrogens is 523 g/mol. The zero-order valence-electron chi connectivity index (χ0n) is 21.8. The maximum Gasteiger partial charge on any atom is 0.417 e. The number of ether oxygens (including phenoxy) is 2. The minimum atomic E-state index is -4.52. The van der Waals surface area contributed by atoms with Crippen molar-refractivity contribution in [2.45, 2.75) is 51.3 Å². The van der Waals surface area contributed by atoms with Gasteiger partial charge in [-0.25, -0.2) is 0 Å². The molecular formula is C31H26F3NO5. The number of halogens is 3. The zero-order valence-corrected chi connectivity index (χ0v) is 21.8. The number of fused-ring (bicyclic) bond motifs is 2. The molecule has 2 aliphatic rings. The van der Waals surface area contributed by atoms with E-state index < -0.39 is 23.8 Å². The van der Waals surface area contributed by atoms with Crippen molar-refractivity contribution >= 4 is 5.97 Å². The second-order valence-electron chi connectivity index (χ2n) is 10.3. The van der Waals surface area contributed by atoms with Gasteiger partial charge >= 0.3 is 12.1 Å². The van der Waals surface area contributed by atoms with E-state index >= 15 is 0 Å². The maximum absolute atomic E-state index is 14.2. The molecule has 0 radical (unpaired) electrons. The molecule has 0 spiro atoms. The first kappa shape index (κ1) is 26.0. The van der Waals surface area contributed by atoms with Crippen LogP contribution in [-0.2, 0) is 17.4 Å². The second-order valence-corrected chi connectivity index (χ2v) is 10.3. The molecule has 0 saturated carbocycles. The predicted octanol–water partition coefficient (Wildman–Crippen LogP) is 7.66. The summed E-state index contributed by atoms with van der Waals surface area (Å²) in [6.07, 6.45) is -4.00. The molecule has 0 saturated heterocycles. The van der Waals surface area contributed by atoms with Crippen molar-refractivity contribution in [2.75, 3.05) is 6.61 Å². The fraction of sp³-hybridized carbons (Fsp3) is 0.290. The van der Waals surface area contributed by atoms with Crippen LogP contribution in [0.4, 0.5) is 13.2 Å². The predicted molar refractivity (Wildman–Crippen MR) is 140 cm³/mol. The summed E-state index contributed by atoms with van der Waals surface area (Å²) in [6, 6.07) is 15.0. The van der Waals surface area contributed by atoms with Gasteiger partial charge in [0.2, 0.25) is 0 Å².